The van der Waals surface area contributed by atoms with Gasteiger partial charge in [-0.05, 0) is 46.1 Å². The summed E-state index contributed by atoms with van der Waals surface area (Å²) in [6.07, 6.45) is 6.19. The highest BCUT2D eigenvalue weighted by Gasteiger charge is 2.06. The summed E-state index contributed by atoms with van der Waals surface area (Å²) < 4.78 is 6.15. The number of anilines is 1. The molecule has 0 saturated carbocycles. The van der Waals surface area contributed by atoms with E-state index in [2.05, 4.69) is 42.3 Å². The number of nitrogens with one attached hydrogen (secondary N) is 2. The highest BCUT2D eigenvalue weighted by Crippen LogP contribution is 2.24. The Hall–Kier alpha value is -2.08. The minimum absolute atomic E-state index is 0.791. The number of fused-ring (bicyclic) bond motifs is 1. The molecule has 1 aromatic carbocycles. The summed E-state index contributed by atoms with van der Waals surface area (Å²) in [6, 6.07) is 6.05. The summed E-state index contributed by atoms with van der Waals surface area (Å²) >= 11 is 3.42. The van der Waals surface area contributed by atoms with Crippen LogP contribution >= 0.6 is 15.9 Å². The van der Waals surface area contributed by atoms with E-state index in [1.54, 1.807) is 13.3 Å². The van der Waals surface area contributed by atoms with Crippen molar-refractivity contribution in [2.24, 2.45) is 0 Å². The first-order chi connectivity index (χ1) is 10.3. The fraction of sp³-hybridized carbons (Fsp3) is 0.200. The van der Waals surface area contributed by atoms with Crippen molar-refractivity contribution in [2.45, 2.75) is 6.42 Å². The first kappa shape index (κ1) is 13.9. The molecule has 21 heavy (non-hydrogen) atoms. The van der Waals surface area contributed by atoms with Gasteiger partial charge in [-0.15, -0.1) is 0 Å². The molecule has 0 unspecified atom stereocenters. The Bertz CT molecular complexity index is 756. The van der Waals surface area contributed by atoms with Crippen molar-refractivity contribution < 1.29 is 4.74 Å². The molecule has 3 aromatic rings. The van der Waals surface area contributed by atoms with Gasteiger partial charge in [0.25, 0.3) is 0 Å². The quantitative estimate of drug-likeness (QED) is 0.743. The lowest BCUT2D eigenvalue weighted by molar-refractivity contribution is 0.415. The van der Waals surface area contributed by atoms with E-state index in [9.17, 15) is 0 Å². The first-order valence-electron chi connectivity index (χ1n) is 6.61. The van der Waals surface area contributed by atoms with Crippen molar-refractivity contribution in [1.82, 2.24) is 15.0 Å². The monoisotopic (exact) mass is 346 g/mol. The molecule has 0 radical (unpaired) electrons. The Morgan fingerprint density at radius 1 is 1.38 bits per heavy atom. The number of aromatic amines is 1. The van der Waals surface area contributed by atoms with Crippen LogP contribution in [0.5, 0.6) is 5.75 Å². The van der Waals surface area contributed by atoms with E-state index in [-0.39, 0.29) is 0 Å². The standard InChI is InChI=1S/C15H15BrN4O/c1-21-11-2-3-14-12(6-11)10(7-19-14)4-5-18-15-13(16)8-17-9-20-15/h2-3,6-9,19H,4-5H2,1H3,(H,17,18,20). The average Bonchev–Trinajstić information content (AvgIpc) is 2.91. The number of aromatic nitrogens is 3. The van der Waals surface area contributed by atoms with Crippen molar-refractivity contribution in [2.75, 3.05) is 19.0 Å². The molecule has 0 saturated heterocycles. The van der Waals surface area contributed by atoms with E-state index in [0.29, 0.717) is 0 Å². The molecular weight excluding hydrogens is 332 g/mol. The van der Waals surface area contributed by atoms with Crippen LogP contribution in [0.3, 0.4) is 0 Å². The van der Waals surface area contributed by atoms with Gasteiger partial charge in [0.1, 0.15) is 17.9 Å². The van der Waals surface area contributed by atoms with Crippen LogP contribution in [0.2, 0.25) is 0 Å². The van der Waals surface area contributed by atoms with Gasteiger partial charge >= 0.3 is 0 Å². The van der Waals surface area contributed by atoms with Crippen molar-refractivity contribution in [1.29, 1.82) is 0 Å². The molecule has 0 aliphatic rings. The second kappa shape index (κ2) is 6.13. The van der Waals surface area contributed by atoms with E-state index in [1.807, 2.05) is 18.3 Å². The van der Waals surface area contributed by atoms with Crippen LogP contribution in [-0.2, 0) is 6.42 Å². The molecule has 0 fully saturated rings. The van der Waals surface area contributed by atoms with Crippen LogP contribution in [-0.4, -0.2) is 28.6 Å². The van der Waals surface area contributed by atoms with Crippen molar-refractivity contribution >= 4 is 32.7 Å². The molecule has 6 heteroatoms. The maximum absolute atomic E-state index is 5.28. The third-order valence-corrected chi connectivity index (χ3v) is 3.91. The van der Waals surface area contributed by atoms with E-state index in [4.69, 9.17) is 4.74 Å². The van der Waals surface area contributed by atoms with Crippen molar-refractivity contribution in [3.05, 3.63) is 47.0 Å². The van der Waals surface area contributed by atoms with Gasteiger partial charge in [0.05, 0.1) is 11.6 Å². The number of ether oxygens (including phenoxy) is 1. The lowest BCUT2D eigenvalue weighted by atomic mass is 10.1. The lowest BCUT2D eigenvalue weighted by Crippen LogP contribution is -2.06. The average molecular weight is 347 g/mol. The summed E-state index contributed by atoms with van der Waals surface area (Å²) in [5.41, 5.74) is 2.37. The molecule has 0 amide bonds. The number of hydrogen-bond acceptors (Lipinski definition) is 4. The Morgan fingerprint density at radius 3 is 3.10 bits per heavy atom. The second-order valence-corrected chi connectivity index (χ2v) is 5.48. The Kier molecular flexibility index (Phi) is 4.06. The van der Waals surface area contributed by atoms with Crippen LogP contribution in [0.1, 0.15) is 5.56 Å². The number of rotatable bonds is 5. The highest BCUT2D eigenvalue weighted by atomic mass is 79.9. The smallest absolute Gasteiger partial charge is 0.143 e. The molecule has 2 N–H and O–H groups in total. The highest BCUT2D eigenvalue weighted by molar-refractivity contribution is 9.10. The van der Waals surface area contributed by atoms with E-state index < -0.39 is 0 Å². The zero-order chi connectivity index (χ0) is 14.7. The third-order valence-electron chi connectivity index (χ3n) is 3.33. The molecule has 0 atom stereocenters. The molecule has 0 bridgehead atoms. The molecule has 2 aromatic heterocycles. The molecule has 0 spiro atoms. The number of H-pyrrole nitrogens is 1. The predicted octanol–water partition coefficient (Wildman–Crippen LogP) is 3.38. The maximum atomic E-state index is 5.28. The summed E-state index contributed by atoms with van der Waals surface area (Å²) in [6.45, 7) is 0.791. The van der Waals surface area contributed by atoms with Gasteiger partial charge < -0.3 is 15.0 Å². The largest absolute Gasteiger partial charge is 0.497 e. The maximum Gasteiger partial charge on any atom is 0.143 e. The molecule has 2 heterocycles. The van der Waals surface area contributed by atoms with Gasteiger partial charge in [0, 0.05) is 29.8 Å². The van der Waals surface area contributed by atoms with Gasteiger partial charge in [-0.1, -0.05) is 0 Å². The third kappa shape index (κ3) is 3.00. The molecule has 5 nitrogen and oxygen atoms in total. The normalized spacial score (nSPS) is 10.8. The number of methoxy groups -OCH3 is 1. The van der Waals surface area contributed by atoms with Gasteiger partial charge in [0.2, 0.25) is 0 Å². The number of halogens is 1. The van der Waals surface area contributed by atoms with Crippen LogP contribution in [0.15, 0.2) is 41.4 Å². The first-order valence-corrected chi connectivity index (χ1v) is 7.40. The van der Waals surface area contributed by atoms with Crippen LogP contribution in [0.25, 0.3) is 10.9 Å². The van der Waals surface area contributed by atoms with Gasteiger partial charge in [-0.2, -0.15) is 0 Å². The molecular formula is C15H15BrN4O. The van der Waals surface area contributed by atoms with Crippen LogP contribution in [0.4, 0.5) is 5.82 Å². The fourth-order valence-electron chi connectivity index (χ4n) is 2.25. The molecule has 3 rings (SSSR count). The Labute approximate surface area is 130 Å². The Morgan fingerprint density at radius 2 is 2.29 bits per heavy atom. The van der Waals surface area contributed by atoms with Crippen molar-refractivity contribution in [3.8, 4) is 5.75 Å². The van der Waals surface area contributed by atoms with Gasteiger partial charge in [-0.25, -0.2) is 9.97 Å². The minimum Gasteiger partial charge on any atom is -0.497 e. The van der Waals surface area contributed by atoms with E-state index >= 15 is 0 Å². The second-order valence-electron chi connectivity index (χ2n) is 4.62. The minimum atomic E-state index is 0.791. The van der Waals surface area contributed by atoms with Gasteiger partial charge in [-0.3, -0.25) is 0 Å². The summed E-state index contributed by atoms with van der Waals surface area (Å²) in [7, 11) is 1.68. The number of nitrogens with zero attached hydrogens (tertiary/aromatic N) is 2. The summed E-state index contributed by atoms with van der Waals surface area (Å²) in [5.74, 6) is 1.68. The fourth-order valence-corrected chi connectivity index (χ4v) is 2.61. The van der Waals surface area contributed by atoms with E-state index in [1.165, 1.54) is 17.3 Å². The summed E-state index contributed by atoms with van der Waals surface area (Å²) in [4.78, 5) is 11.4. The SMILES string of the molecule is COc1ccc2[nH]cc(CCNc3ncncc3Br)c2c1. The topological polar surface area (TPSA) is 62.8 Å². The lowest BCUT2D eigenvalue weighted by Gasteiger charge is -2.06. The number of hydrogen-bond donors (Lipinski definition) is 2. The zero-order valence-electron chi connectivity index (χ0n) is 11.6. The molecule has 108 valence electrons. The van der Waals surface area contributed by atoms with Crippen LogP contribution < -0.4 is 10.1 Å². The summed E-state index contributed by atoms with van der Waals surface area (Å²) in [5, 5.41) is 4.49. The predicted molar refractivity (Wildman–Crippen MR) is 86.8 cm³/mol. The molecule has 0 aliphatic carbocycles. The van der Waals surface area contributed by atoms with Crippen LogP contribution in [0, 0.1) is 0 Å². The number of benzene rings is 1. The molecule has 0 aliphatic heterocycles. The Balaban J connectivity index is 1.72. The zero-order valence-corrected chi connectivity index (χ0v) is 13.1. The van der Waals surface area contributed by atoms with Gasteiger partial charge in [0.15, 0.2) is 0 Å². The van der Waals surface area contributed by atoms with Crippen molar-refractivity contribution in [3.63, 3.8) is 0 Å². The van der Waals surface area contributed by atoms with E-state index in [0.717, 1.165) is 34.5 Å².